The molecule has 4 rings (SSSR count). The summed E-state index contributed by atoms with van der Waals surface area (Å²) in [6, 6.07) is 20.6. The summed E-state index contributed by atoms with van der Waals surface area (Å²) in [5.41, 5.74) is -4.19. The molecule has 0 aliphatic heterocycles. The maximum absolute atomic E-state index is 14.3. The molecule has 34 heavy (non-hydrogen) atoms. The molecule has 176 valence electrons. The molecule has 1 fully saturated rings. The minimum Gasteiger partial charge on any atom is -0.366 e. The Morgan fingerprint density at radius 2 is 1.44 bits per heavy atom. The summed E-state index contributed by atoms with van der Waals surface area (Å²) in [5.74, 6) is 4.40. The summed E-state index contributed by atoms with van der Waals surface area (Å²) in [7, 11) is -4.20. The van der Waals surface area contributed by atoms with Crippen molar-refractivity contribution in [2.24, 2.45) is 5.92 Å². The number of sulfonamides is 1. The molecule has 1 aliphatic rings. The molecule has 1 saturated carbocycles. The SMILES string of the molecule is O=S(=O)(c1ccccc1)N(CC1CC1)c1ccccc1C(O)(C#Cc1ccccc1)C(F)(F)F. The van der Waals surface area contributed by atoms with E-state index in [9.17, 15) is 26.7 Å². The number of anilines is 1. The lowest BCUT2D eigenvalue weighted by Crippen LogP contribution is -2.43. The molecule has 1 unspecified atom stereocenters. The second-order valence-corrected chi connectivity index (χ2v) is 10.00. The monoisotopic (exact) mass is 485 g/mol. The first-order valence-electron chi connectivity index (χ1n) is 10.7. The van der Waals surface area contributed by atoms with Crippen molar-refractivity contribution in [2.75, 3.05) is 10.8 Å². The van der Waals surface area contributed by atoms with Crippen molar-refractivity contribution in [1.82, 2.24) is 0 Å². The molecule has 3 aromatic carbocycles. The summed E-state index contributed by atoms with van der Waals surface area (Å²) in [6.45, 7) is 0.00823. The molecule has 0 bridgehead atoms. The van der Waals surface area contributed by atoms with Crippen molar-refractivity contribution in [3.8, 4) is 11.8 Å². The van der Waals surface area contributed by atoms with Gasteiger partial charge in [0.1, 0.15) is 0 Å². The Morgan fingerprint density at radius 3 is 2.03 bits per heavy atom. The smallest absolute Gasteiger partial charge is 0.366 e. The van der Waals surface area contributed by atoms with Crippen LogP contribution in [-0.2, 0) is 15.6 Å². The van der Waals surface area contributed by atoms with Crippen LogP contribution in [0.1, 0.15) is 24.0 Å². The number of hydrogen-bond acceptors (Lipinski definition) is 3. The van der Waals surface area contributed by atoms with E-state index >= 15 is 0 Å². The number of benzene rings is 3. The number of nitrogens with zero attached hydrogens (tertiary/aromatic N) is 1. The molecule has 0 heterocycles. The molecule has 0 spiro atoms. The van der Waals surface area contributed by atoms with Crippen LogP contribution in [-0.4, -0.2) is 26.2 Å². The van der Waals surface area contributed by atoms with Gasteiger partial charge in [-0.3, -0.25) is 4.31 Å². The van der Waals surface area contributed by atoms with E-state index in [1.54, 1.807) is 36.4 Å². The quantitative estimate of drug-likeness (QED) is 0.495. The second kappa shape index (κ2) is 9.16. The molecule has 0 amide bonds. The van der Waals surface area contributed by atoms with Gasteiger partial charge in [-0.25, -0.2) is 8.42 Å². The van der Waals surface area contributed by atoms with Crippen LogP contribution < -0.4 is 4.31 Å². The molecule has 8 heteroatoms. The van der Waals surface area contributed by atoms with E-state index in [0.29, 0.717) is 0 Å². The maximum Gasteiger partial charge on any atom is 0.433 e. The maximum atomic E-state index is 14.3. The zero-order chi connectivity index (χ0) is 24.4. The second-order valence-electron chi connectivity index (χ2n) is 8.13. The van der Waals surface area contributed by atoms with Gasteiger partial charge < -0.3 is 5.11 Å². The Kier molecular flexibility index (Phi) is 6.43. The third-order valence-corrected chi connectivity index (χ3v) is 7.38. The van der Waals surface area contributed by atoms with Crippen LogP contribution in [0.2, 0.25) is 0 Å². The molecule has 1 aliphatic carbocycles. The molecule has 0 saturated heterocycles. The van der Waals surface area contributed by atoms with E-state index in [1.807, 2.05) is 5.92 Å². The fourth-order valence-corrected chi connectivity index (χ4v) is 5.13. The fourth-order valence-electron chi connectivity index (χ4n) is 3.55. The summed E-state index contributed by atoms with van der Waals surface area (Å²) in [5, 5.41) is 11.0. The molecule has 1 atom stereocenters. The van der Waals surface area contributed by atoms with Gasteiger partial charge in [-0.1, -0.05) is 60.5 Å². The minimum atomic E-state index is -5.19. The van der Waals surface area contributed by atoms with Gasteiger partial charge in [0.05, 0.1) is 10.6 Å². The first-order chi connectivity index (χ1) is 16.1. The molecule has 3 aromatic rings. The molecule has 0 radical (unpaired) electrons. The van der Waals surface area contributed by atoms with E-state index in [-0.39, 0.29) is 28.6 Å². The number of halogens is 3. The highest BCUT2D eigenvalue weighted by atomic mass is 32.2. The summed E-state index contributed by atoms with van der Waals surface area (Å²) < 4.78 is 71.0. The van der Waals surface area contributed by atoms with Crippen molar-refractivity contribution in [3.63, 3.8) is 0 Å². The number of para-hydroxylation sites is 1. The third kappa shape index (κ3) is 4.81. The van der Waals surface area contributed by atoms with Crippen LogP contribution in [0.25, 0.3) is 0 Å². The van der Waals surface area contributed by atoms with E-state index in [2.05, 4.69) is 5.92 Å². The van der Waals surface area contributed by atoms with Gasteiger partial charge >= 0.3 is 6.18 Å². The van der Waals surface area contributed by atoms with E-state index in [0.717, 1.165) is 23.2 Å². The lowest BCUT2D eigenvalue weighted by Gasteiger charge is -2.32. The first-order valence-corrected chi connectivity index (χ1v) is 12.1. The van der Waals surface area contributed by atoms with Crippen molar-refractivity contribution < 1.29 is 26.7 Å². The van der Waals surface area contributed by atoms with Crippen LogP contribution in [0, 0.1) is 17.8 Å². The van der Waals surface area contributed by atoms with Crippen LogP contribution in [0.15, 0.2) is 89.8 Å². The van der Waals surface area contributed by atoms with Gasteiger partial charge in [0.2, 0.25) is 0 Å². The predicted octanol–water partition coefficient (Wildman–Crippen LogP) is 5.09. The molecule has 0 aromatic heterocycles. The average molecular weight is 486 g/mol. The van der Waals surface area contributed by atoms with Gasteiger partial charge in [-0.2, -0.15) is 13.2 Å². The lowest BCUT2D eigenvalue weighted by molar-refractivity contribution is -0.240. The van der Waals surface area contributed by atoms with Crippen molar-refractivity contribution in [2.45, 2.75) is 29.5 Å². The van der Waals surface area contributed by atoms with Gasteiger partial charge in [-0.05, 0) is 55.0 Å². The molecular weight excluding hydrogens is 463 g/mol. The van der Waals surface area contributed by atoms with E-state index in [1.165, 1.54) is 42.5 Å². The third-order valence-electron chi connectivity index (χ3n) is 5.59. The zero-order valence-electron chi connectivity index (χ0n) is 18.0. The van der Waals surface area contributed by atoms with Crippen LogP contribution >= 0.6 is 0 Å². The van der Waals surface area contributed by atoms with Crippen LogP contribution in [0.3, 0.4) is 0 Å². The van der Waals surface area contributed by atoms with Crippen molar-refractivity contribution in [3.05, 3.63) is 96.1 Å². The Morgan fingerprint density at radius 1 is 0.882 bits per heavy atom. The Balaban J connectivity index is 1.89. The van der Waals surface area contributed by atoms with Crippen molar-refractivity contribution in [1.29, 1.82) is 0 Å². The first kappa shape index (κ1) is 23.9. The minimum absolute atomic E-state index is 0.00823. The number of aliphatic hydroxyl groups is 1. The van der Waals surface area contributed by atoms with Gasteiger partial charge in [0, 0.05) is 17.7 Å². The highest BCUT2D eigenvalue weighted by molar-refractivity contribution is 7.92. The summed E-state index contributed by atoms with van der Waals surface area (Å²) >= 11 is 0. The van der Waals surface area contributed by atoms with Crippen LogP contribution in [0.4, 0.5) is 18.9 Å². The fraction of sp³-hybridized carbons (Fsp3) is 0.231. The lowest BCUT2D eigenvalue weighted by atomic mass is 9.91. The Labute approximate surface area is 196 Å². The Bertz CT molecular complexity index is 1310. The number of rotatable bonds is 6. The van der Waals surface area contributed by atoms with Gasteiger partial charge in [0.25, 0.3) is 15.6 Å². The average Bonchev–Trinajstić information content (AvgIpc) is 3.66. The standard InChI is InChI=1S/C26H22F3NO3S/c27-26(28,29)25(31,18-17-20-9-3-1-4-10-20)23-13-7-8-14-24(23)30(19-21-15-16-21)34(32,33)22-11-5-2-6-12-22/h1-14,21,31H,15-16,19H2. The number of alkyl halides is 3. The topological polar surface area (TPSA) is 57.6 Å². The van der Waals surface area contributed by atoms with Gasteiger partial charge in [0.15, 0.2) is 0 Å². The molecule has 1 N–H and O–H groups in total. The zero-order valence-corrected chi connectivity index (χ0v) is 18.9. The van der Waals surface area contributed by atoms with E-state index in [4.69, 9.17) is 0 Å². The van der Waals surface area contributed by atoms with Crippen molar-refractivity contribution >= 4 is 15.7 Å². The highest BCUT2D eigenvalue weighted by Crippen LogP contribution is 2.44. The van der Waals surface area contributed by atoms with E-state index < -0.39 is 27.4 Å². The largest absolute Gasteiger partial charge is 0.433 e. The Hall–Kier alpha value is -3.28. The summed E-state index contributed by atoms with van der Waals surface area (Å²) in [6.07, 6.45) is -3.63. The normalized spacial score (nSPS) is 15.6. The predicted molar refractivity (Wildman–Crippen MR) is 123 cm³/mol. The molecule has 4 nitrogen and oxygen atoms in total. The molecular formula is C26H22F3NO3S. The number of hydrogen-bond donors (Lipinski definition) is 1. The summed E-state index contributed by atoms with van der Waals surface area (Å²) in [4.78, 5) is -0.0450. The van der Waals surface area contributed by atoms with Crippen LogP contribution in [0.5, 0.6) is 0 Å². The highest BCUT2D eigenvalue weighted by Gasteiger charge is 2.56. The van der Waals surface area contributed by atoms with Gasteiger partial charge in [-0.15, -0.1) is 0 Å².